The average Bonchev–Trinajstić information content (AvgIpc) is 1.63. The number of fused-ring (bicyclic) bond motifs is 3. The lowest BCUT2D eigenvalue weighted by Gasteiger charge is -2.34. The van der Waals surface area contributed by atoms with E-state index in [-0.39, 0.29) is 23.8 Å². The summed E-state index contributed by atoms with van der Waals surface area (Å²) in [5.41, 5.74) is 3.05. The van der Waals surface area contributed by atoms with Crippen LogP contribution in [0.25, 0.3) is 26.8 Å². The molecule has 0 aliphatic carbocycles. The number of anilines is 1. The Morgan fingerprint density at radius 1 is 0.765 bits per heavy atom. The number of ether oxygens (including phenoxy) is 2. The van der Waals surface area contributed by atoms with Gasteiger partial charge in [-0.05, 0) is 106 Å². The van der Waals surface area contributed by atoms with Crippen LogP contribution >= 0.6 is 22.5 Å². The van der Waals surface area contributed by atoms with Crippen LogP contribution in [0.15, 0.2) is 72.9 Å². The lowest BCUT2D eigenvalue weighted by Crippen LogP contribution is -2.64. The Balaban J connectivity index is 0.950. The summed E-state index contributed by atoms with van der Waals surface area (Å²) in [5.74, 6) is -10.5. The second kappa shape index (κ2) is 35.6. The van der Waals surface area contributed by atoms with Gasteiger partial charge in [0.2, 0.25) is 40.4 Å². The highest BCUT2D eigenvalue weighted by atomic mass is 32.3. The number of benzene rings is 3. The maximum atomic E-state index is 15.0. The predicted molar refractivity (Wildman–Crippen MR) is 368 cm³/mol. The number of β-amino-alcohol motifs (C(OH)–C–C–N with tert-alkyl or cyclic N) is 1. The number of aromatic nitrogens is 3. The van der Waals surface area contributed by atoms with Crippen molar-refractivity contribution in [1.29, 1.82) is 0 Å². The van der Waals surface area contributed by atoms with Gasteiger partial charge >= 0.3 is 0 Å². The third kappa shape index (κ3) is 20.1. The largest absolute Gasteiger partial charge is 0.504 e. The Hall–Kier alpha value is -7.76. The van der Waals surface area contributed by atoms with Crippen molar-refractivity contribution in [1.82, 2.24) is 56.3 Å². The molecule has 6 heterocycles. The molecule has 13 atom stereocenters. The number of unbranched alkanes of at least 4 members (excludes halogenated alkanes) is 2. The molecule has 3 aromatic carbocycles. The van der Waals surface area contributed by atoms with Gasteiger partial charge in [0.15, 0.2) is 11.5 Å². The van der Waals surface area contributed by atoms with Crippen LogP contribution in [0.3, 0.4) is 0 Å². The highest BCUT2D eigenvalue weighted by molar-refractivity contribution is 8.15. The summed E-state index contributed by atoms with van der Waals surface area (Å²) < 4.78 is 46.4. The molecule has 4 aliphatic rings. The number of aliphatic hydroxyl groups excluding tert-OH is 8. The Morgan fingerprint density at radius 2 is 1.43 bits per heavy atom. The Morgan fingerprint density at radius 3 is 2.10 bits per heavy atom. The van der Waals surface area contributed by atoms with Gasteiger partial charge in [0.1, 0.15) is 41.3 Å². The highest BCUT2D eigenvalue weighted by Crippen LogP contribution is 2.41. The lowest BCUT2D eigenvalue weighted by molar-refractivity contribution is -0.147. The topological polar surface area (TPSA) is 502 Å². The van der Waals surface area contributed by atoms with Crippen LogP contribution in [0.5, 0.6) is 11.5 Å². The number of methoxy groups -OCH3 is 1. The van der Waals surface area contributed by atoms with Crippen molar-refractivity contribution in [3.8, 4) is 33.3 Å². The Kier molecular flexibility index (Phi) is 27.4. The quantitative estimate of drug-likeness (QED) is 0.0294. The fourth-order valence-electron chi connectivity index (χ4n) is 12.8. The van der Waals surface area contributed by atoms with Gasteiger partial charge in [-0.25, -0.2) is 9.50 Å². The maximum absolute atomic E-state index is 15.0. The van der Waals surface area contributed by atoms with Gasteiger partial charge in [0.05, 0.1) is 73.9 Å². The number of carbonyl (C=O) groups excluding carboxylic acids is 7. The fraction of sp³-hybridized carbons (Fsp3) is 0.561. The number of nitrogens with one attached hydrogen (secondary N) is 6. The molecule has 36 heteroatoms. The minimum Gasteiger partial charge on any atom is -0.504 e. The number of nitrogens with zero attached hydrogens (tertiary/aromatic N) is 6. The van der Waals surface area contributed by atoms with Gasteiger partial charge in [0.25, 0.3) is 17.1 Å². The number of rotatable bonds is 25. The molecular formula is C66H92N12O22S2. The zero-order valence-electron chi connectivity index (χ0n) is 56.5. The Labute approximate surface area is 592 Å². The van der Waals surface area contributed by atoms with Gasteiger partial charge in [-0.1, -0.05) is 36.5 Å². The fourth-order valence-corrected chi connectivity index (χ4v) is 14.1. The number of carbonyl (C=O) groups is 7. The molecule has 7 amide bonds. The van der Waals surface area contributed by atoms with Crippen LogP contribution in [0, 0.1) is 5.92 Å². The third-order valence-corrected chi connectivity index (χ3v) is 19.9. The number of phenolic OH excluding ortho intramolecular Hbond substituents is 1. The van der Waals surface area contributed by atoms with Crippen LogP contribution in [0.2, 0.25) is 0 Å². The molecule has 0 unspecified atom stereocenters. The highest BCUT2D eigenvalue weighted by Gasteiger charge is 2.50. The molecule has 4 fully saturated rings. The predicted octanol–water partition coefficient (Wildman–Crippen LogP) is -1.57. The van der Waals surface area contributed by atoms with E-state index in [4.69, 9.17) is 19.6 Å². The first-order chi connectivity index (χ1) is 48.6. The van der Waals surface area contributed by atoms with Crippen molar-refractivity contribution < 1.29 is 107 Å². The summed E-state index contributed by atoms with van der Waals surface area (Å²) in [7, 11) is 1.71. The molecule has 4 aliphatic heterocycles. The number of aliphatic hydroxyl groups is 8. The number of amides is 7. The molecule has 9 rings (SSSR count). The van der Waals surface area contributed by atoms with Crippen molar-refractivity contribution in [2.75, 3.05) is 77.7 Å². The van der Waals surface area contributed by atoms with Gasteiger partial charge in [-0.15, -0.1) is 0 Å². The number of imidazole rings is 1. The summed E-state index contributed by atoms with van der Waals surface area (Å²) in [4.78, 5) is 112. The first-order valence-corrected chi connectivity index (χ1v) is 36.0. The minimum absolute atomic E-state index is 0.000310. The molecule has 0 bridgehead atoms. The van der Waals surface area contributed by atoms with E-state index in [1.165, 1.54) is 36.5 Å². The molecule has 18 N–H and O–H groups in total. The monoisotopic (exact) mass is 1470 g/mol. The van der Waals surface area contributed by atoms with Crippen LogP contribution in [0.4, 0.5) is 5.69 Å². The average molecular weight is 1470 g/mol. The minimum atomic E-state index is -4.75. The van der Waals surface area contributed by atoms with E-state index >= 15 is 0 Å². The molecule has 560 valence electrons. The summed E-state index contributed by atoms with van der Waals surface area (Å²) in [6, 6.07) is 4.78. The van der Waals surface area contributed by atoms with Crippen LogP contribution in [-0.4, -0.2) is 283 Å². The van der Waals surface area contributed by atoms with Crippen molar-refractivity contribution in [3.05, 3.63) is 84.1 Å². The molecule has 34 nitrogen and oxygen atoms in total. The maximum Gasteiger partial charge on any atom is 0.266 e. The van der Waals surface area contributed by atoms with E-state index in [9.17, 15) is 93.2 Å². The number of piperidine rings is 1. The van der Waals surface area contributed by atoms with Crippen LogP contribution in [0.1, 0.15) is 81.1 Å². The van der Waals surface area contributed by atoms with E-state index in [1.807, 2.05) is 12.1 Å². The summed E-state index contributed by atoms with van der Waals surface area (Å²) in [6.45, 7) is 2.80. The van der Waals surface area contributed by atoms with E-state index in [2.05, 4.69) is 53.1 Å². The molecule has 5 aromatic rings. The van der Waals surface area contributed by atoms with Crippen molar-refractivity contribution in [2.24, 2.45) is 5.92 Å². The Bertz CT molecular complexity index is 3640. The first kappa shape index (κ1) is 78.4. The second-order valence-electron chi connectivity index (χ2n) is 26.2. The standard InChI is InChI=1S/C66H92N12O22S2/c1-35-30-77-56(57(35)87)62(92)68-29-43(82)27-46(69-58(88)39-10-8-38(9-11-39)47-32-78-66(70-47)101-63(74-78)40-12-14-42(15-13-40)75-21-18-45(19-22-75)99-24-6-4-5-23-98-3)59(89)71-53(36(2)81)64(93)76-31-44(83)28-48(76)60(90)72-54(51(86)25-37-7-16-49(84)52(26-37)100-102(95,96)97)61(91)73-55(65(77)94)50(85)17-20-67-41(33-79)34-80/h7-16,26,32,35-36,41,43-46,48,50-51,53-57,67,79-87,95-97H,4-6,17-25,27-31,33-34H2,1-3H3,(H,68,92)(H,69,88)(H,71,89)(H,72,90)(H,73,91)/t35-,36+,43+,44+,46-,48-,50+,51+,53-,54-,55-,56-,57-/m0/s1. The molecule has 0 radical (unpaired) electrons. The van der Waals surface area contributed by atoms with E-state index in [0.29, 0.717) is 16.2 Å². The zero-order valence-corrected chi connectivity index (χ0v) is 58.1. The van der Waals surface area contributed by atoms with Gasteiger partial charge in [0, 0.05) is 101 Å². The number of aromatic hydroxyl groups is 1. The second-order valence-corrected chi connectivity index (χ2v) is 28.2. The smallest absolute Gasteiger partial charge is 0.266 e. The van der Waals surface area contributed by atoms with Crippen LogP contribution < -0.4 is 41.0 Å². The number of phenols is 1. The molecule has 0 saturated carbocycles. The number of hydrogen-bond donors (Lipinski definition) is 18. The van der Waals surface area contributed by atoms with Gasteiger partial charge < -0.3 is 106 Å². The van der Waals surface area contributed by atoms with E-state index < -0.39 is 207 Å². The van der Waals surface area contributed by atoms with Crippen molar-refractivity contribution >= 4 is 74.5 Å². The first-order valence-electron chi connectivity index (χ1n) is 33.7. The molecule has 0 spiro atoms. The normalized spacial score (nSPS) is 25.1. The molecule has 102 heavy (non-hydrogen) atoms. The van der Waals surface area contributed by atoms with Crippen molar-refractivity contribution in [3.63, 3.8) is 0 Å². The molecule has 2 aromatic heterocycles. The van der Waals surface area contributed by atoms with Gasteiger partial charge in [-0.2, -0.15) is 5.10 Å². The third-order valence-electron chi connectivity index (χ3n) is 18.5. The lowest BCUT2D eigenvalue weighted by atomic mass is 9.98. The summed E-state index contributed by atoms with van der Waals surface area (Å²) in [6.07, 6.45) is -6.11. The van der Waals surface area contributed by atoms with Crippen LogP contribution in [-0.2, 0) is 44.7 Å². The summed E-state index contributed by atoms with van der Waals surface area (Å²) in [5, 5.41) is 119. The van der Waals surface area contributed by atoms with E-state index in [0.717, 1.165) is 104 Å². The SMILES string of the molecule is COCCCCCOC1CCN(c2ccc(-c3nn4cc(-c5ccc(C(=O)N[C@H]6C[C@@H](O)CNC(=O)[C@@H]7[C@@H](O)[C@@H](C)CN7C(=O)[C@H]([C@H](O)CCNC(CO)CO)NC(=O)[C@H]([C@H](O)Cc7ccc(O)c(OS(O)(O)O)c7)NC(=O)[C@@H]7C[C@@H](O)CN7C(=O)[C@H]([C@@H](C)O)NC6=O)cc5)nc4s3)cc2)CC1. The molecular weight excluding hydrogens is 1380 g/mol. The molecule has 4 saturated heterocycles. The van der Waals surface area contributed by atoms with Crippen molar-refractivity contribution in [2.45, 2.75) is 157 Å². The van der Waals surface area contributed by atoms with E-state index in [1.54, 1.807) is 30.0 Å². The summed E-state index contributed by atoms with van der Waals surface area (Å²) >= 11 is -3.37. The number of hydrogen-bond acceptors (Lipinski definition) is 27. The van der Waals surface area contributed by atoms with Gasteiger partial charge in [-0.3, -0.25) is 47.2 Å². The zero-order chi connectivity index (χ0) is 73.7.